The predicted molar refractivity (Wildman–Crippen MR) is 96.1 cm³/mol. The van der Waals surface area contributed by atoms with E-state index in [4.69, 9.17) is 0 Å². The van der Waals surface area contributed by atoms with Gasteiger partial charge in [-0.15, -0.1) is 0 Å². The molecule has 24 heavy (non-hydrogen) atoms. The number of likely N-dealkylation sites (tertiary alicyclic amines) is 1. The molecule has 1 aromatic carbocycles. The zero-order chi connectivity index (χ0) is 17.1. The average Bonchev–Trinajstić information content (AvgIpc) is 3.03. The molecule has 1 fully saturated rings. The number of benzene rings is 1. The van der Waals surface area contributed by atoms with Gasteiger partial charge in [0.2, 0.25) is 5.91 Å². The van der Waals surface area contributed by atoms with Gasteiger partial charge in [-0.25, -0.2) is 0 Å². The molecule has 5 nitrogen and oxygen atoms in total. The van der Waals surface area contributed by atoms with Crippen LogP contribution < -0.4 is 5.32 Å². The fourth-order valence-electron chi connectivity index (χ4n) is 3.35. The first-order valence-corrected chi connectivity index (χ1v) is 8.67. The van der Waals surface area contributed by atoms with E-state index in [2.05, 4.69) is 26.5 Å². The highest BCUT2D eigenvalue weighted by Gasteiger charge is 2.28. The van der Waals surface area contributed by atoms with Gasteiger partial charge in [-0.05, 0) is 64.4 Å². The minimum Gasteiger partial charge on any atom is -0.324 e. The Balaban J connectivity index is 1.55. The minimum atomic E-state index is -0.119. The molecule has 1 aromatic heterocycles. The third-order valence-corrected chi connectivity index (χ3v) is 5.00. The first kappa shape index (κ1) is 16.7. The van der Waals surface area contributed by atoms with Crippen LogP contribution in [0.1, 0.15) is 42.6 Å². The SMILES string of the molecule is Cc1cc(C2CCN(C(C)C(=O)Nc3ccccc3C)CC2)n[nH]1. The van der Waals surface area contributed by atoms with Crippen molar-refractivity contribution in [3.05, 3.63) is 47.3 Å². The molecule has 0 bridgehead atoms. The summed E-state index contributed by atoms with van der Waals surface area (Å²) in [6.07, 6.45) is 2.10. The molecule has 1 aliphatic heterocycles. The van der Waals surface area contributed by atoms with Crippen molar-refractivity contribution in [3.63, 3.8) is 0 Å². The lowest BCUT2D eigenvalue weighted by Gasteiger charge is -2.34. The van der Waals surface area contributed by atoms with E-state index in [1.165, 1.54) is 0 Å². The first-order valence-electron chi connectivity index (χ1n) is 8.67. The van der Waals surface area contributed by atoms with Gasteiger partial charge in [0.1, 0.15) is 0 Å². The number of nitrogens with zero attached hydrogens (tertiary/aromatic N) is 2. The number of rotatable bonds is 4. The molecule has 1 aliphatic rings. The second-order valence-electron chi connectivity index (χ2n) is 6.77. The molecule has 0 aliphatic carbocycles. The molecule has 3 rings (SSSR count). The quantitative estimate of drug-likeness (QED) is 0.907. The molecular formula is C19H26N4O. The van der Waals surface area contributed by atoms with E-state index in [0.717, 1.165) is 48.6 Å². The summed E-state index contributed by atoms with van der Waals surface area (Å²) in [4.78, 5) is 14.8. The van der Waals surface area contributed by atoms with Gasteiger partial charge in [0, 0.05) is 17.3 Å². The summed E-state index contributed by atoms with van der Waals surface area (Å²) < 4.78 is 0. The number of amides is 1. The zero-order valence-corrected chi connectivity index (χ0v) is 14.7. The number of aryl methyl sites for hydroxylation is 2. The molecule has 0 radical (unpaired) electrons. The standard InChI is InChI=1S/C19H26N4O/c1-13-6-4-5-7-17(13)20-19(24)15(3)23-10-8-16(9-11-23)18-12-14(2)21-22-18/h4-7,12,15-16H,8-11H2,1-3H3,(H,20,24)(H,21,22). The summed E-state index contributed by atoms with van der Waals surface area (Å²) in [6, 6.07) is 9.91. The molecule has 1 amide bonds. The largest absolute Gasteiger partial charge is 0.324 e. The third kappa shape index (κ3) is 3.67. The highest BCUT2D eigenvalue weighted by atomic mass is 16.2. The van der Waals surface area contributed by atoms with Crippen molar-refractivity contribution in [1.29, 1.82) is 0 Å². The van der Waals surface area contributed by atoms with Crippen LogP contribution in [0.3, 0.4) is 0 Å². The highest BCUT2D eigenvalue weighted by molar-refractivity contribution is 5.95. The molecule has 0 saturated carbocycles. The summed E-state index contributed by atoms with van der Waals surface area (Å²) in [5.74, 6) is 0.566. The Labute approximate surface area is 143 Å². The Morgan fingerprint density at radius 3 is 2.62 bits per heavy atom. The van der Waals surface area contributed by atoms with Gasteiger partial charge in [-0.3, -0.25) is 14.8 Å². The summed E-state index contributed by atoms with van der Waals surface area (Å²) in [5.41, 5.74) is 4.25. The van der Waals surface area contributed by atoms with Crippen LogP contribution in [0.15, 0.2) is 30.3 Å². The van der Waals surface area contributed by atoms with E-state index < -0.39 is 0 Å². The Bertz CT molecular complexity index is 701. The highest BCUT2D eigenvalue weighted by Crippen LogP contribution is 2.28. The van der Waals surface area contributed by atoms with E-state index in [-0.39, 0.29) is 11.9 Å². The van der Waals surface area contributed by atoms with Crippen LogP contribution in [0.5, 0.6) is 0 Å². The molecule has 2 heterocycles. The van der Waals surface area contributed by atoms with Gasteiger partial charge in [-0.1, -0.05) is 18.2 Å². The zero-order valence-electron chi connectivity index (χ0n) is 14.7. The van der Waals surface area contributed by atoms with E-state index in [9.17, 15) is 4.79 Å². The first-order chi connectivity index (χ1) is 11.5. The number of aromatic nitrogens is 2. The second-order valence-corrected chi connectivity index (χ2v) is 6.77. The number of piperidine rings is 1. The number of aromatic amines is 1. The molecule has 1 unspecified atom stereocenters. The number of hydrogen-bond acceptors (Lipinski definition) is 3. The molecule has 128 valence electrons. The van der Waals surface area contributed by atoms with E-state index in [0.29, 0.717) is 5.92 Å². The minimum absolute atomic E-state index is 0.0679. The van der Waals surface area contributed by atoms with Crippen molar-refractivity contribution in [1.82, 2.24) is 15.1 Å². The second kappa shape index (κ2) is 7.18. The van der Waals surface area contributed by atoms with E-state index in [1.807, 2.05) is 45.0 Å². The normalized spacial score (nSPS) is 17.6. The lowest BCUT2D eigenvalue weighted by atomic mass is 9.92. The number of para-hydroxylation sites is 1. The van der Waals surface area contributed by atoms with Crippen LogP contribution in [0.4, 0.5) is 5.69 Å². The lowest BCUT2D eigenvalue weighted by molar-refractivity contribution is -0.121. The Kier molecular flexibility index (Phi) is 5.00. The summed E-state index contributed by atoms with van der Waals surface area (Å²) in [6.45, 7) is 7.89. The summed E-state index contributed by atoms with van der Waals surface area (Å²) >= 11 is 0. The maximum Gasteiger partial charge on any atom is 0.241 e. The summed E-state index contributed by atoms with van der Waals surface area (Å²) in [7, 11) is 0. The number of carbonyl (C=O) groups is 1. The van der Waals surface area contributed by atoms with E-state index >= 15 is 0 Å². The number of nitrogens with one attached hydrogen (secondary N) is 2. The molecule has 5 heteroatoms. The van der Waals surface area contributed by atoms with E-state index in [1.54, 1.807) is 0 Å². The number of H-pyrrole nitrogens is 1. The molecule has 1 atom stereocenters. The lowest BCUT2D eigenvalue weighted by Crippen LogP contribution is -2.45. The third-order valence-electron chi connectivity index (χ3n) is 5.00. The van der Waals surface area contributed by atoms with Crippen LogP contribution in [0.25, 0.3) is 0 Å². The van der Waals surface area contributed by atoms with Crippen molar-refractivity contribution in [2.45, 2.75) is 45.6 Å². The van der Waals surface area contributed by atoms with Gasteiger partial charge < -0.3 is 5.32 Å². The number of hydrogen-bond donors (Lipinski definition) is 2. The molecule has 1 saturated heterocycles. The molecule has 0 spiro atoms. The number of anilines is 1. The van der Waals surface area contributed by atoms with Gasteiger partial charge in [0.05, 0.1) is 11.7 Å². The van der Waals surface area contributed by atoms with Crippen LogP contribution in [-0.2, 0) is 4.79 Å². The monoisotopic (exact) mass is 326 g/mol. The van der Waals surface area contributed by atoms with Crippen LogP contribution in [0.2, 0.25) is 0 Å². The van der Waals surface area contributed by atoms with Gasteiger partial charge in [0.15, 0.2) is 0 Å². The van der Waals surface area contributed by atoms with Crippen LogP contribution in [-0.4, -0.2) is 40.1 Å². The maximum absolute atomic E-state index is 12.5. The Hall–Kier alpha value is -2.14. The van der Waals surface area contributed by atoms with Crippen LogP contribution >= 0.6 is 0 Å². The summed E-state index contributed by atoms with van der Waals surface area (Å²) in [5, 5.41) is 10.5. The Morgan fingerprint density at radius 1 is 1.29 bits per heavy atom. The van der Waals surface area contributed by atoms with Crippen molar-refractivity contribution in [3.8, 4) is 0 Å². The van der Waals surface area contributed by atoms with Gasteiger partial charge >= 0.3 is 0 Å². The number of carbonyl (C=O) groups excluding carboxylic acids is 1. The fraction of sp³-hybridized carbons (Fsp3) is 0.474. The average molecular weight is 326 g/mol. The van der Waals surface area contributed by atoms with Crippen LogP contribution in [0, 0.1) is 13.8 Å². The molecular weight excluding hydrogens is 300 g/mol. The maximum atomic E-state index is 12.5. The Morgan fingerprint density at radius 2 is 2.00 bits per heavy atom. The molecule has 2 N–H and O–H groups in total. The van der Waals surface area contributed by atoms with Gasteiger partial charge in [-0.2, -0.15) is 5.10 Å². The topological polar surface area (TPSA) is 61.0 Å². The van der Waals surface area contributed by atoms with Crippen molar-refractivity contribution >= 4 is 11.6 Å². The van der Waals surface area contributed by atoms with Gasteiger partial charge in [0.25, 0.3) is 0 Å². The van der Waals surface area contributed by atoms with Crippen molar-refractivity contribution in [2.24, 2.45) is 0 Å². The molecule has 2 aromatic rings. The smallest absolute Gasteiger partial charge is 0.241 e. The fourth-order valence-corrected chi connectivity index (χ4v) is 3.35. The van der Waals surface area contributed by atoms with Crippen molar-refractivity contribution < 1.29 is 4.79 Å². The van der Waals surface area contributed by atoms with Crippen molar-refractivity contribution in [2.75, 3.05) is 18.4 Å². The predicted octanol–water partition coefficient (Wildman–Crippen LogP) is 3.23.